The number of rotatable bonds is 6. The van der Waals surface area contributed by atoms with Gasteiger partial charge in [-0.05, 0) is 23.6 Å². The smallest absolute Gasteiger partial charge is 0.331 e. The number of carbonyl (C=O) groups excluding carboxylic acids is 1. The highest BCUT2D eigenvalue weighted by Crippen LogP contribution is 2.30. The summed E-state index contributed by atoms with van der Waals surface area (Å²) in [5, 5.41) is 0. The number of benzene rings is 2. The molecule has 122 valence electrons. The molecule has 0 heterocycles. The molecule has 24 heavy (non-hydrogen) atoms. The van der Waals surface area contributed by atoms with E-state index >= 15 is 0 Å². The van der Waals surface area contributed by atoms with Gasteiger partial charge in [-0.2, -0.15) is 0 Å². The molecule has 0 aliphatic carbocycles. The Balaban J connectivity index is 2.63. The number of allylic oxidation sites excluding steroid dienone is 2. The zero-order valence-corrected chi connectivity index (χ0v) is 14.2. The summed E-state index contributed by atoms with van der Waals surface area (Å²) >= 11 is 0. The summed E-state index contributed by atoms with van der Waals surface area (Å²) in [5.74, 6) is -0.375. The molecule has 0 N–H and O–H groups in total. The van der Waals surface area contributed by atoms with E-state index in [0.717, 1.165) is 35.1 Å². The Labute approximate surface area is 143 Å². The summed E-state index contributed by atoms with van der Waals surface area (Å²) < 4.78 is 4.85. The van der Waals surface area contributed by atoms with E-state index in [4.69, 9.17) is 4.74 Å². The number of methoxy groups -OCH3 is 1. The van der Waals surface area contributed by atoms with Gasteiger partial charge in [-0.15, -0.1) is 5.73 Å². The van der Waals surface area contributed by atoms with Gasteiger partial charge in [-0.3, -0.25) is 0 Å². The number of hydrogen-bond acceptors (Lipinski definition) is 2. The minimum atomic E-state index is -0.375. The van der Waals surface area contributed by atoms with Crippen LogP contribution in [-0.4, -0.2) is 13.1 Å². The van der Waals surface area contributed by atoms with Crippen molar-refractivity contribution in [1.82, 2.24) is 0 Å². The molecule has 0 bridgehead atoms. The van der Waals surface area contributed by atoms with Gasteiger partial charge in [0.2, 0.25) is 0 Å². The van der Waals surface area contributed by atoms with Gasteiger partial charge in [-0.1, -0.05) is 74.0 Å². The van der Waals surface area contributed by atoms with Gasteiger partial charge < -0.3 is 4.74 Å². The monoisotopic (exact) mass is 318 g/mol. The normalized spacial score (nSPS) is 10.7. The van der Waals surface area contributed by atoms with E-state index in [0.29, 0.717) is 0 Å². The van der Waals surface area contributed by atoms with Gasteiger partial charge in [-0.25, -0.2) is 4.79 Å². The lowest BCUT2D eigenvalue weighted by atomic mass is 9.92. The van der Waals surface area contributed by atoms with Crippen molar-refractivity contribution in [2.24, 2.45) is 0 Å². The van der Waals surface area contributed by atoms with Crippen molar-refractivity contribution in [1.29, 1.82) is 0 Å². The Morgan fingerprint density at radius 3 is 2.12 bits per heavy atom. The molecule has 2 heteroatoms. The van der Waals surface area contributed by atoms with Crippen LogP contribution in [0.15, 0.2) is 78.5 Å². The highest BCUT2D eigenvalue weighted by atomic mass is 16.5. The maximum Gasteiger partial charge on any atom is 0.331 e. The van der Waals surface area contributed by atoms with Crippen molar-refractivity contribution < 1.29 is 9.53 Å². The summed E-state index contributed by atoms with van der Waals surface area (Å²) in [6.45, 7) is 2.13. The molecular weight excluding hydrogens is 296 g/mol. The first-order valence-corrected chi connectivity index (χ1v) is 8.12. The highest BCUT2D eigenvalue weighted by molar-refractivity contribution is 6.10. The summed E-state index contributed by atoms with van der Waals surface area (Å²) in [6.07, 6.45) is 5.55. The van der Waals surface area contributed by atoms with E-state index in [-0.39, 0.29) is 5.97 Å². The van der Waals surface area contributed by atoms with Crippen LogP contribution in [0.3, 0.4) is 0 Å². The lowest BCUT2D eigenvalue weighted by Gasteiger charge is -2.11. The van der Waals surface area contributed by atoms with Crippen LogP contribution >= 0.6 is 0 Å². The minimum absolute atomic E-state index is 0.375. The minimum Gasteiger partial charge on any atom is -0.466 e. The second-order valence-electron chi connectivity index (χ2n) is 5.33. The van der Waals surface area contributed by atoms with E-state index < -0.39 is 0 Å². The van der Waals surface area contributed by atoms with E-state index in [1.165, 1.54) is 13.2 Å². The molecule has 2 rings (SSSR count). The Hall–Kier alpha value is -2.83. The third-order valence-electron chi connectivity index (χ3n) is 3.56. The predicted molar refractivity (Wildman–Crippen MR) is 99.3 cm³/mol. The summed E-state index contributed by atoms with van der Waals surface area (Å²) in [5.41, 5.74) is 7.05. The van der Waals surface area contributed by atoms with Crippen LogP contribution in [0.5, 0.6) is 0 Å². The third kappa shape index (κ3) is 4.84. The van der Waals surface area contributed by atoms with E-state index in [1.54, 1.807) is 0 Å². The molecule has 0 saturated carbocycles. The molecular formula is C22H22O2. The molecule has 0 atom stereocenters. The molecule has 0 amide bonds. The zero-order chi connectivity index (χ0) is 17.2. The van der Waals surface area contributed by atoms with E-state index in [1.807, 2.05) is 66.7 Å². The summed E-state index contributed by atoms with van der Waals surface area (Å²) in [7, 11) is 1.39. The fourth-order valence-electron chi connectivity index (χ4n) is 2.33. The second kappa shape index (κ2) is 9.34. The van der Waals surface area contributed by atoms with Crippen molar-refractivity contribution in [3.8, 4) is 0 Å². The molecule has 2 aromatic rings. The molecule has 0 radical (unpaired) electrons. The fraction of sp³-hybridized carbons (Fsp3) is 0.182. The van der Waals surface area contributed by atoms with Crippen LogP contribution in [0.1, 0.15) is 30.9 Å². The molecule has 0 aromatic heterocycles. The topological polar surface area (TPSA) is 26.3 Å². The lowest BCUT2D eigenvalue weighted by molar-refractivity contribution is -0.134. The molecule has 0 spiro atoms. The van der Waals surface area contributed by atoms with E-state index in [2.05, 4.69) is 12.7 Å². The largest absolute Gasteiger partial charge is 0.466 e. The predicted octanol–water partition coefficient (Wildman–Crippen LogP) is 5.28. The maximum atomic E-state index is 11.9. The van der Waals surface area contributed by atoms with Gasteiger partial charge in [0.1, 0.15) is 0 Å². The Morgan fingerprint density at radius 1 is 1.00 bits per heavy atom. The van der Waals surface area contributed by atoms with Crippen LogP contribution in [0.25, 0.3) is 11.1 Å². The van der Waals surface area contributed by atoms with Crippen LogP contribution in [0.2, 0.25) is 0 Å². The van der Waals surface area contributed by atoms with Gasteiger partial charge >= 0.3 is 5.97 Å². The molecule has 0 aliphatic rings. The molecule has 0 fully saturated rings. The number of esters is 1. The molecule has 2 aromatic carbocycles. The Bertz CT molecular complexity index is 749. The van der Waals surface area contributed by atoms with Crippen molar-refractivity contribution >= 4 is 17.1 Å². The van der Waals surface area contributed by atoms with Gasteiger partial charge in [0.05, 0.1) is 7.11 Å². The summed E-state index contributed by atoms with van der Waals surface area (Å²) in [4.78, 5) is 11.9. The molecule has 0 saturated heterocycles. The van der Waals surface area contributed by atoms with Crippen molar-refractivity contribution in [2.45, 2.75) is 19.8 Å². The standard InChI is InChI=1S/C22H22O2/c1-3-4-7-16-20(18-12-8-5-9-13-18)21(17-22(23)24-2)19-14-10-6-11-15-19/h5-15,17H,3-4H2,1-2H3/b21-17-. The van der Waals surface area contributed by atoms with Crippen molar-refractivity contribution in [3.05, 3.63) is 89.7 Å². The number of ether oxygens (including phenoxy) is 1. The number of hydrogen-bond donors (Lipinski definition) is 0. The van der Waals surface area contributed by atoms with Crippen molar-refractivity contribution in [2.75, 3.05) is 7.11 Å². The second-order valence-corrected chi connectivity index (χ2v) is 5.33. The van der Waals surface area contributed by atoms with Crippen LogP contribution < -0.4 is 0 Å². The number of unbranched alkanes of at least 4 members (excludes halogenated alkanes) is 1. The average molecular weight is 318 g/mol. The van der Waals surface area contributed by atoms with Crippen LogP contribution in [0.4, 0.5) is 0 Å². The van der Waals surface area contributed by atoms with Gasteiger partial charge in [0.25, 0.3) is 0 Å². The lowest BCUT2D eigenvalue weighted by Crippen LogP contribution is -1.99. The summed E-state index contributed by atoms with van der Waals surface area (Å²) in [6, 6.07) is 19.8. The highest BCUT2D eigenvalue weighted by Gasteiger charge is 2.12. The quantitative estimate of drug-likeness (QED) is 0.313. The zero-order valence-electron chi connectivity index (χ0n) is 14.2. The van der Waals surface area contributed by atoms with Gasteiger partial charge in [0, 0.05) is 17.2 Å². The van der Waals surface area contributed by atoms with Crippen LogP contribution in [0, 0.1) is 0 Å². The Morgan fingerprint density at radius 2 is 1.58 bits per heavy atom. The average Bonchev–Trinajstić information content (AvgIpc) is 2.65. The fourth-order valence-corrected chi connectivity index (χ4v) is 2.33. The first-order valence-electron chi connectivity index (χ1n) is 8.12. The third-order valence-corrected chi connectivity index (χ3v) is 3.56. The van der Waals surface area contributed by atoms with Gasteiger partial charge in [0.15, 0.2) is 0 Å². The SMILES string of the molecule is CCCC=C=C(/C(=C\C(=O)OC)c1ccccc1)c1ccccc1. The van der Waals surface area contributed by atoms with Crippen molar-refractivity contribution in [3.63, 3.8) is 0 Å². The van der Waals surface area contributed by atoms with Crippen LogP contribution in [-0.2, 0) is 9.53 Å². The molecule has 2 nitrogen and oxygen atoms in total. The molecule has 0 aliphatic heterocycles. The maximum absolute atomic E-state index is 11.9. The Kier molecular flexibility index (Phi) is 6.82. The first-order chi connectivity index (χ1) is 11.8. The molecule has 0 unspecified atom stereocenters. The first kappa shape index (κ1) is 17.5. The number of carbonyl (C=O) groups is 1. The van der Waals surface area contributed by atoms with E-state index in [9.17, 15) is 4.79 Å².